The minimum atomic E-state index is -5.33. The van der Waals surface area contributed by atoms with Gasteiger partial charge in [-0.3, -0.25) is 0 Å². The maximum absolute atomic E-state index is 14.8. The number of hydrogen-bond donors (Lipinski definition) is 0. The molecule has 0 atom stereocenters. The summed E-state index contributed by atoms with van der Waals surface area (Å²) in [4.78, 5) is 0. The van der Waals surface area contributed by atoms with Crippen LogP contribution in [0.5, 0.6) is 11.5 Å². The molecule has 0 spiro atoms. The largest absolute Gasteiger partial charge is 0.573 e. The van der Waals surface area contributed by atoms with E-state index in [0.29, 0.717) is 24.9 Å². The molecular weight excluding hydrogens is 553 g/mol. The van der Waals surface area contributed by atoms with Crippen molar-refractivity contribution in [3.05, 3.63) is 35.9 Å². The van der Waals surface area contributed by atoms with Crippen LogP contribution in [0.1, 0.15) is 90.4 Å². The van der Waals surface area contributed by atoms with E-state index >= 15 is 0 Å². The Kier molecular flexibility index (Phi) is 10.9. The smallest absolute Gasteiger partial charge is 0.432 e. The van der Waals surface area contributed by atoms with Gasteiger partial charge in [-0.2, -0.15) is 8.78 Å². The molecule has 3 saturated carbocycles. The van der Waals surface area contributed by atoms with E-state index in [-0.39, 0.29) is 30.9 Å². The van der Waals surface area contributed by atoms with Gasteiger partial charge in [-0.1, -0.05) is 19.1 Å². The predicted octanol–water partition coefficient (Wildman–Crippen LogP) is 9.99. The molecule has 1 aromatic carbocycles. The van der Waals surface area contributed by atoms with E-state index in [2.05, 4.69) is 28.5 Å². The summed E-state index contributed by atoms with van der Waals surface area (Å²) in [5, 5.41) is 0. The van der Waals surface area contributed by atoms with E-state index in [1.165, 1.54) is 38.5 Å². The minimum absolute atomic E-state index is 0.166. The summed E-state index contributed by atoms with van der Waals surface area (Å²) in [5.41, 5.74) is 0. The van der Waals surface area contributed by atoms with Crippen LogP contribution in [-0.4, -0.2) is 25.2 Å². The fourth-order valence-electron chi connectivity index (χ4n) is 6.83. The van der Waals surface area contributed by atoms with Gasteiger partial charge in [0.25, 0.3) is 0 Å². The lowest BCUT2D eigenvalue weighted by atomic mass is 9.70. The summed E-state index contributed by atoms with van der Waals surface area (Å²) in [7, 11) is 0. The van der Waals surface area contributed by atoms with Gasteiger partial charge in [0.1, 0.15) is 5.75 Å². The second-order valence-electron chi connectivity index (χ2n) is 12.0. The van der Waals surface area contributed by atoms with E-state index in [1.54, 1.807) is 0 Å². The molecule has 232 valence electrons. The molecule has 0 radical (unpaired) electrons. The van der Waals surface area contributed by atoms with Gasteiger partial charge in [-0.15, -0.1) is 13.2 Å². The van der Waals surface area contributed by atoms with Gasteiger partial charge in [0.15, 0.2) is 11.6 Å². The van der Waals surface area contributed by atoms with E-state index in [1.807, 2.05) is 0 Å². The first-order valence-corrected chi connectivity index (χ1v) is 15.0. The number of alkyl halides is 5. The normalized spacial score (nSPS) is 30.0. The molecule has 3 aliphatic rings. The maximum Gasteiger partial charge on any atom is 0.573 e. The van der Waals surface area contributed by atoms with Crippen LogP contribution < -0.4 is 9.47 Å². The molecule has 0 heterocycles. The summed E-state index contributed by atoms with van der Waals surface area (Å²) in [5.74, 6) is -5.02. The molecule has 10 heteroatoms. The quantitative estimate of drug-likeness (QED) is 0.199. The highest BCUT2D eigenvalue weighted by molar-refractivity contribution is 5.35. The number of hydrogen-bond acceptors (Lipinski definition) is 3. The Balaban J connectivity index is 1.19. The van der Waals surface area contributed by atoms with Crippen LogP contribution in [0.15, 0.2) is 24.3 Å². The Morgan fingerprint density at radius 2 is 1.20 bits per heavy atom. The van der Waals surface area contributed by atoms with Crippen LogP contribution in [0.2, 0.25) is 0 Å². The van der Waals surface area contributed by atoms with E-state index < -0.39 is 41.5 Å². The molecule has 0 aliphatic heterocycles. The van der Waals surface area contributed by atoms with Crippen molar-refractivity contribution in [2.45, 2.75) is 109 Å². The average molecular weight is 595 g/mol. The molecule has 0 N–H and O–H groups in total. The molecule has 0 saturated heterocycles. The van der Waals surface area contributed by atoms with Gasteiger partial charge in [-0.25, -0.2) is 8.78 Å². The first kappa shape index (κ1) is 32.0. The minimum Gasteiger partial charge on any atom is -0.432 e. The zero-order chi connectivity index (χ0) is 29.6. The Labute approximate surface area is 237 Å². The fourth-order valence-corrected chi connectivity index (χ4v) is 6.83. The second kappa shape index (κ2) is 14.0. The molecule has 3 aliphatic carbocycles. The number of halogens is 7. The zero-order valence-corrected chi connectivity index (χ0v) is 23.5. The first-order chi connectivity index (χ1) is 19.4. The molecule has 0 amide bonds. The standard InChI is InChI=1S/C31H41F7O3/c1-2-17-39-25-15-11-23(12-16-25)22-9-5-20(6-10-22)3-4-21-7-13-24(14-8-21)30(34,35)40-26-18-27(32)29(28(33)19-26)41-31(36,37)38/h3-4,18-25H,2,5-17H2,1H3/b4-3+. The lowest BCUT2D eigenvalue weighted by Crippen LogP contribution is -2.37. The topological polar surface area (TPSA) is 27.7 Å². The monoisotopic (exact) mass is 594 g/mol. The Bertz CT molecular complexity index is 965. The highest BCUT2D eigenvalue weighted by atomic mass is 19.4. The van der Waals surface area contributed by atoms with Crippen molar-refractivity contribution < 1.29 is 44.9 Å². The Hall–Kier alpha value is -1.97. The van der Waals surface area contributed by atoms with Crippen LogP contribution in [-0.2, 0) is 4.74 Å². The predicted molar refractivity (Wildman–Crippen MR) is 141 cm³/mol. The van der Waals surface area contributed by atoms with Gasteiger partial charge in [0, 0.05) is 18.7 Å². The average Bonchev–Trinajstić information content (AvgIpc) is 2.93. The number of rotatable bonds is 10. The molecule has 41 heavy (non-hydrogen) atoms. The van der Waals surface area contributed by atoms with Crippen LogP contribution in [0.25, 0.3) is 0 Å². The van der Waals surface area contributed by atoms with Crippen LogP contribution in [0, 0.1) is 41.2 Å². The summed E-state index contributed by atoms with van der Waals surface area (Å²) in [6.07, 6.45) is 7.97. The van der Waals surface area contributed by atoms with Crippen LogP contribution in [0.4, 0.5) is 30.7 Å². The molecule has 3 nitrogen and oxygen atoms in total. The van der Waals surface area contributed by atoms with E-state index in [0.717, 1.165) is 37.7 Å². The van der Waals surface area contributed by atoms with E-state index in [4.69, 9.17) is 4.74 Å². The summed E-state index contributed by atoms with van der Waals surface area (Å²) < 4.78 is 108. The Morgan fingerprint density at radius 1 is 0.707 bits per heavy atom. The lowest BCUT2D eigenvalue weighted by molar-refractivity contribution is -0.276. The molecule has 3 fully saturated rings. The van der Waals surface area contributed by atoms with E-state index in [9.17, 15) is 30.7 Å². The van der Waals surface area contributed by atoms with Crippen molar-refractivity contribution in [3.63, 3.8) is 0 Å². The molecule has 0 unspecified atom stereocenters. The first-order valence-electron chi connectivity index (χ1n) is 15.0. The Morgan fingerprint density at radius 3 is 1.68 bits per heavy atom. The maximum atomic E-state index is 14.8. The van der Waals surface area contributed by atoms with Gasteiger partial charge < -0.3 is 14.2 Å². The lowest BCUT2D eigenvalue weighted by Gasteiger charge is -2.37. The zero-order valence-electron chi connectivity index (χ0n) is 23.5. The second-order valence-corrected chi connectivity index (χ2v) is 12.0. The third kappa shape index (κ3) is 9.26. The van der Waals surface area contributed by atoms with Gasteiger partial charge in [0.2, 0.25) is 5.75 Å². The fraction of sp³-hybridized carbons (Fsp3) is 0.742. The number of benzene rings is 1. The van der Waals surface area contributed by atoms with Crippen molar-refractivity contribution in [1.82, 2.24) is 0 Å². The van der Waals surface area contributed by atoms with Crippen molar-refractivity contribution in [3.8, 4) is 11.5 Å². The highest BCUT2D eigenvalue weighted by Gasteiger charge is 2.44. The number of ether oxygens (including phenoxy) is 3. The molecule has 4 rings (SSSR count). The molecule has 0 aromatic heterocycles. The van der Waals surface area contributed by atoms with Gasteiger partial charge in [0.05, 0.1) is 12.0 Å². The van der Waals surface area contributed by atoms with Gasteiger partial charge >= 0.3 is 12.5 Å². The van der Waals surface area contributed by atoms with Crippen LogP contribution >= 0.6 is 0 Å². The van der Waals surface area contributed by atoms with Crippen molar-refractivity contribution >= 4 is 0 Å². The number of allylic oxidation sites excluding steroid dienone is 2. The molecular formula is C31H41F7O3. The van der Waals surface area contributed by atoms with Gasteiger partial charge in [-0.05, 0) is 107 Å². The SMILES string of the molecule is CCCOC1CCC(C2CCC(/C=C/C3CCC(C(F)(F)Oc4cc(F)c(OC(F)(F)F)c(F)c4)CC3)CC2)CC1. The highest BCUT2D eigenvalue weighted by Crippen LogP contribution is 2.43. The summed E-state index contributed by atoms with van der Waals surface area (Å²) in [6, 6.07) is 0.544. The third-order valence-corrected chi connectivity index (χ3v) is 9.11. The van der Waals surface area contributed by atoms with Crippen molar-refractivity contribution in [1.29, 1.82) is 0 Å². The van der Waals surface area contributed by atoms with Crippen LogP contribution in [0.3, 0.4) is 0 Å². The summed E-state index contributed by atoms with van der Waals surface area (Å²) in [6.45, 7) is 3.00. The third-order valence-electron chi connectivity index (χ3n) is 9.11. The van der Waals surface area contributed by atoms with Crippen molar-refractivity contribution in [2.75, 3.05) is 6.61 Å². The summed E-state index contributed by atoms with van der Waals surface area (Å²) >= 11 is 0. The molecule has 1 aromatic rings. The molecule has 0 bridgehead atoms. The van der Waals surface area contributed by atoms with Crippen molar-refractivity contribution in [2.24, 2.45) is 29.6 Å².